The molecule has 0 bridgehead atoms. The molecule has 0 heterocycles. The predicted molar refractivity (Wildman–Crippen MR) is 85.5 cm³/mol. The number of hydrogen-bond acceptors (Lipinski definition) is 2. The second-order valence-electron chi connectivity index (χ2n) is 4.77. The summed E-state index contributed by atoms with van der Waals surface area (Å²) in [6.07, 6.45) is 4.70. The maximum absolute atomic E-state index is 10.8. The molecule has 1 saturated carbocycles. The molecule has 0 aliphatic heterocycles. The first-order valence-electron chi connectivity index (χ1n) is 8.06. The van der Waals surface area contributed by atoms with Gasteiger partial charge in [-0.1, -0.05) is 34.1 Å². The highest BCUT2D eigenvalue weighted by molar-refractivity contribution is 5.73. The smallest absolute Gasteiger partial charge is 0.216 e. The van der Waals surface area contributed by atoms with Crippen molar-refractivity contribution in [3.63, 3.8) is 0 Å². The molecule has 20 heavy (non-hydrogen) atoms. The van der Waals surface area contributed by atoms with Crippen LogP contribution in [0.4, 0.5) is 0 Å². The van der Waals surface area contributed by atoms with E-state index in [0.29, 0.717) is 11.8 Å². The van der Waals surface area contributed by atoms with Crippen LogP contribution in [0, 0.1) is 11.8 Å². The van der Waals surface area contributed by atoms with Gasteiger partial charge in [-0.3, -0.25) is 9.59 Å². The van der Waals surface area contributed by atoms with Crippen LogP contribution in [0.3, 0.4) is 0 Å². The normalized spacial score (nSPS) is 20.5. The summed E-state index contributed by atoms with van der Waals surface area (Å²) < 4.78 is 0. The molecule has 1 fully saturated rings. The van der Waals surface area contributed by atoms with E-state index in [1.165, 1.54) is 19.3 Å². The van der Waals surface area contributed by atoms with Gasteiger partial charge in [-0.2, -0.15) is 0 Å². The lowest BCUT2D eigenvalue weighted by molar-refractivity contribution is -0.119. The zero-order valence-electron chi connectivity index (χ0n) is 14.2. The fourth-order valence-corrected chi connectivity index (χ4v) is 2.35. The van der Waals surface area contributed by atoms with E-state index in [-0.39, 0.29) is 11.8 Å². The largest absolute Gasteiger partial charge is 0.356 e. The van der Waals surface area contributed by atoms with E-state index in [0.717, 1.165) is 19.5 Å². The van der Waals surface area contributed by atoms with Crippen LogP contribution in [0.25, 0.3) is 0 Å². The average Bonchev–Trinajstić information content (AvgIpc) is 2.47. The van der Waals surface area contributed by atoms with Crippen LogP contribution >= 0.6 is 0 Å². The van der Waals surface area contributed by atoms with Crippen molar-refractivity contribution < 1.29 is 9.59 Å². The van der Waals surface area contributed by atoms with E-state index in [2.05, 4.69) is 10.6 Å². The first kappa shape index (κ1) is 21.2. The fourth-order valence-electron chi connectivity index (χ4n) is 2.35. The topological polar surface area (TPSA) is 58.2 Å². The molecule has 4 heteroatoms. The molecule has 1 aliphatic rings. The van der Waals surface area contributed by atoms with Gasteiger partial charge < -0.3 is 10.6 Å². The first-order valence-corrected chi connectivity index (χ1v) is 8.06. The van der Waals surface area contributed by atoms with Crippen molar-refractivity contribution in [2.45, 2.75) is 67.2 Å². The molecule has 0 aromatic rings. The zero-order valence-corrected chi connectivity index (χ0v) is 14.2. The van der Waals surface area contributed by atoms with Crippen molar-refractivity contribution in [3.05, 3.63) is 0 Å². The highest BCUT2D eigenvalue weighted by atomic mass is 16.2. The Kier molecular flexibility index (Phi) is 15.2. The SMILES string of the molecule is CC.CC.CC(=O)NCC1CCCC(CNC(C)=O)C1. The lowest BCUT2D eigenvalue weighted by Gasteiger charge is -2.29. The molecule has 0 spiro atoms. The summed E-state index contributed by atoms with van der Waals surface area (Å²) in [5.41, 5.74) is 0. The third kappa shape index (κ3) is 12.0. The van der Waals surface area contributed by atoms with Crippen LogP contribution in [-0.2, 0) is 9.59 Å². The molecule has 120 valence electrons. The quantitative estimate of drug-likeness (QED) is 0.834. The molecule has 2 unspecified atom stereocenters. The van der Waals surface area contributed by atoms with Crippen molar-refractivity contribution in [2.75, 3.05) is 13.1 Å². The van der Waals surface area contributed by atoms with Crippen molar-refractivity contribution in [1.29, 1.82) is 0 Å². The zero-order chi connectivity index (χ0) is 16.0. The Morgan fingerprint density at radius 1 is 0.850 bits per heavy atom. The monoisotopic (exact) mass is 286 g/mol. The molecule has 0 aromatic carbocycles. The van der Waals surface area contributed by atoms with Gasteiger partial charge in [0.15, 0.2) is 0 Å². The third-order valence-electron chi connectivity index (χ3n) is 3.17. The minimum Gasteiger partial charge on any atom is -0.356 e. The van der Waals surface area contributed by atoms with Gasteiger partial charge in [-0.15, -0.1) is 0 Å². The Bertz CT molecular complexity index is 231. The summed E-state index contributed by atoms with van der Waals surface area (Å²) >= 11 is 0. The molecule has 2 amide bonds. The molecular formula is C16H34N2O2. The van der Waals surface area contributed by atoms with Crippen LogP contribution in [0.2, 0.25) is 0 Å². The molecular weight excluding hydrogens is 252 g/mol. The standard InChI is InChI=1S/C12H22N2O2.2C2H6/c1-9(15)13-7-11-4-3-5-12(6-11)8-14-10(2)16;2*1-2/h11-12H,3-8H2,1-2H3,(H,13,15)(H,14,16);2*1-2H3. The Balaban J connectivity index is 0. The van der Waals surface area contributed by atoms with Gasteiger partial charge in [0.2, 0.25) is 11.8 Å². The van der Waals surface area contributed by atoms with Gasteiger partial charge in [0.05, 0.1) is 0 Å². The molecule has 1 rings (SSSR count). The van der Waals surface area contributed by atoms with Gasteiger partial charge in [0.1, 0.15) is 0 Å². The van der Waals surface area contributed by atoms with E-state index in [1.54, 1.807) is 13.8 Å². The highest BCUT2D eigenvalue weighted by Gasteiger charge is 2.21. The number of nitrogens with one attached hydrogen (secondary N) is 2. The Hall–Kier alpha value is -1.06. The average molecular weight is 286 g/mol. The van der Waals surface area contributed by atoms with Crippen LogP contribution in [0.15, 0.2) is 0 Å². The Morgan fingerprint density at radius 3 is 1.50 bits per heavy atom. The van der Waals surface area contributed by atoms with Crippen molar-refractivity contribution in [1.82, 2.24) is 10.6 Å². The lowest BCUT2D eigenvalue weighted by atomic mass is 9.81. The molecule has 2 N–H and O–H groups in total. The van der Waals surface area contributed by atoms with Gasteiger partial charge in [-0.05, 0) is 31.1 Å². The van der Waals surface area contributed by atoms with E-state index in [4.69, 9.17) is 0 Å². The van der Waals surface area contributed by atoms with Gasteiger partial charge in [0.25, 0.3) is 0 Å². The van der Waals surface area contributed by atoms with Crippen molar-refractivity contribution in [3.8, 4) is 0 Å². The minimum atomic E-state index is 0.0454. The summed E-state index contributed by atoms with van der Waals surface area (Å²) in [7, 11) is 0. The summed E-state index contributed by atoms with van der Waals surface area (Å²) in [5.74, 6) is 1.25. The Labute approximate surface area is 125 Å². The summed E-state index contributed by atoms with van der Waals surface area (Å²) in [4.78, 5) is 21.6. The third-order valence-corrected chi connectivity index (χ3v) is 3.17. The van der Waals surface area contributed by atoms with Crippen LogP contribution < -0.4 is 10.6 Å². The lowest BCUT2D eigenvalue weighted by Crippen LogP contribution is -2.34. The second kappa shape index (κ2) is 14.4. The summed E-state index contributed by atoms with van der Waals surface area (Å²) in [6.45, 7) is 12.7. The van der Waals surface area contributed by atoms with Gasteiger partial charge >= 0.3 is 0 Å². The van der Waals surface area contributed by atoms with E-state index in [9.17, 15) is 9.59 Å². The van der Waals surface area contributed by atoms with Crippen LogP contribution in [0.5, 0.6) is 0 Å². The summed E-state index contributed by atoms with van der Waals surface area (Å²) in [6, 6.07) is 0. The van der Waals surface area contributed by atoms with E-state index in [1.807, 2.05) is 27.7 Å². The molecule has 1 aliphatic carbocycles. The van der Waals surface area contributed by atoms with Crippen molar-refractivity contribution >= 4 is 11.8 Å². The number of carbonyl (C=O) groups is 2. The highest BCUT2D eigenvalue weighted by Crippen LogP contribution is 2.28. The maximum Gasteiger partial charge on any atom is 0.216 e. The van der Waals surface area contributed by atoms with Gasteiger partial charge in [-0.25, -0.2) is 0 Å². The van der Waals surface area contributed by atoms with Gasteiger partial charge in [0, 0.05) is 26.9 Å². The predicted octanol–water partition coefficient (Wildman–Crippen LogP) is 3.12. The molecule has 0 saturated heterocycles. The van der Waals surface area contributed by atoms with Crippen molar-refractivity contribution in [2.24, 2.45) is 11.8 Å². The molecule has 0 aromatic heterocycles. The molecule has 4 nitrogen and oxygen atoms in total. The Morgan fingerprint density at radius 2 is 1.20 bits per heavy atom. The maximum atomic E-state index is 10.8. The van der Waals surface area contributed by atoms with Crippen LogP contribution in [-0.4, -0.2) is 24.9 Å². The fraction of sp³-hybridized carbons (Fsp3) is 0.875. The number of rotatable bonds is 4. The number of carbonyl (C=O) groups excluding carboxylic acids is 2. The van der Waals surface area contributed by atoms with Crippen LogP contribution in [0.1, 0.15) is 67.2 Å². The summed E-state index contributed by atoms with van der Waals surface area (Å²) in [5, 5.41) is 5.75. The van der Waals surface area contributed by atoms with E-state index < -0.39 is 0 Å². The minimum absolute atomic E-state index is 0.0454. The number of amides is 2. The number of hydrogen-bond donors (Lipinski definition) is 2. The molecule has 0 radical (unpaired) electrons. The second-order valence-corrected chi connectivity index (χ2v) is 4.77. The molecule has 2 atom stereocenters. The first-order chi connectivity index (χ1) is 9.58. The van der Waals surface area contributed by atoms with E-state index >= 15 is 0 Å².